The highest BCUT2D eigenvalue weighted by molar-refractivity contribution is 7.34. The van der Waals surface area contributed by atoms with Crippen molar-refractivity contribution in [1.82, 2.24) is 0 Å². The third-order valence-electron chi connectivity index (χ3n) is 6.40. The van der Waals surface area contributed by atoms with Crippen LogP contribution in [0, 0.1) is 41.5 Å². The monoisotopic (exact) mass is 525 g/mol. The van der Waals surface area contributed by atoms with E-state index in [4.69, 9.17) is 9.05 Å². The van der Waals surface area contributed by atoms with Crippen molar-refractivity contribution in [3.8, 4) is 11.5 Å². The SMILES string of the molecule is Cc1cc(C)c(C(=O)c2ccc(O[P+](=O)Oc3ccc(C(=O)c4c(C)cc(C)cc4C)cc3)cc2)c(C)c1. The third-order valence-corrected chi connectivity index (χ3v) is 7.12. The first kappa shape index (κ1) is 27.0. The molecule has 0 N–H and O–H groups in total. The molecule has 0 spiro atoms. The van der Waals surface area contributed by atoms with Crippen LogP contribution >= 0.6 is 8.25 Å². The minimum absolute atomic E-state index is 0.0714. The predicted molar refractivity (Wildman–Crippen MR) is 150 cm³/mol. The van der Waals surface area contributed by atoms with Gasteiger partial charge in [-0.25, -0.2) is 9.05 Å². The third kappa shape index (κ3) is 5.90. The maximum Gasteiger partial charge on any atom is 0.805 e. The van der Waals surface area contributed by atoms with Crippen LogP contribution in [0.2, 0.25) is 0 Å². The summed E-state index contributed by atoms with van der Waals surface area (Å²) < 4.78 is 23.3. The summed E-state index contributed by atoms with van der Waals surface area (Å²) >= 11 is 0. The number of carbonyl (C=O) groups excluding carboxylic acids is 2. The summed E-state index contributed by atoms with van der Waals surface area (Å²) in [4.78, 5) is 26.1. The molecule has 0 unspecified atom stereocenters. The topological polar surface area (TPSA) is 69.7 Å². The van der Waals surface area contributed by atoms with Gasteiger partial charge in [0.25, 0.3) is 0 Å². The molecule has 0 saturated carbocycles. The van der Waals surface area contributed by atoms with E-state index in [-0.39, 0.29) is 11.6 Å². The van der Waals surface area contributed by atoms with Gasteiger partial charge in [-0.15, -0.1) is 0 Å². The number of carbonyl (C=O) groups is 2. The molecule has 4 aromatic carbocycles. The second kappa shape index (κ2) is 11.1. The highest BCUT2D eigenvalue weighted by Crippen LogP contribution is 2.32. The van der Waals surface area contributed by atoms with Gasteiger partial charge in [0, 0.05) is 26.8 Å². The number of hydrogen-bond donors (Lipinski definition) is 0. The fraction of sp³-hybridized carbons (Fsp3) is 0.188. The molecule has 0 atom stereocenters. The normalized spacial score (nSPS) is 10.7. The zero-order chi connectivity index (χ0) is 27.6. The van der Waals surface area contributed by atoms with Crippen LogP contribution < -0.4 is 9.05 Å². The Morgan fingerprint density at radius 1 is 0.526 bits per heavy atom. The first-order valence-electron chi connectivity index (χ1n) is 12.3. The fourth-order valence-electron chi connectivity index (χ4n) is 4.89. The molecule has 0 radical (unpaired) electrons. The molecule has 0 aliphatic rings. The van der Waals surface area contributed by atoms with Gasteiger partial charge in [0.05, 0.1) is 0 Å². The number of hydrogen-bond acceptors (Lipinski definition) is 5. The van der Waals surface area contributed by atoms with Gasteiger partial charge in [-0.2, -0.15) is 0 Å². The lowest BCUT2D eigenvalue weighted by molar-refractivity contribution is 0.102. The largest absolute Gasteiger partial charge is 0.805 e. The standard InChI is InChI=1S/C32H30O5P/c1-19-15-21(3)29(22(4)16-19)31(33)25-7-11-27(12-8-25)36-38(35)37-28-13-9-26(10-14-28)32(34)30-23(5)17-20(2)18-24(30)6/h7-18H,1-6H3/q+1. The average molecular weight is 526 g/mol. The Hall–Kier alpha value is -4.08. The Bertz CT molecular complexity index is 1390. The van der Waals surface area contributed by atoms with E-state index >= 15 is 0 Å². The first-order chi connectivity index (χ1) is 18.0. The van der Waals surface area contributed by atoms with Crippen molar-refractivity contribution in [2.24, 2.45) is 0 Å². The van der Waals surface area contributed by atoms with Gasteiger partial charge < -0.3 is 0 Å². The number of ketones is 2. The molecular formula is C32H30O5P+. The Morgan fingerprint density at radius 3 is 1.11 bits per heavy atom. The van der Waals surface area contributed by atoms with Gasteiger partial charge >= 0.3 is 8.25 Å². The summed E-state index contributed by atoms with van der Waals surface area (Å²) in [5.41, 5.74) is 8.36. The maximum atomic E-state index is 13.0. The van der Waals surface area contributed by atoms with Gasteiger partial charge in [0.15, 0.2) is 23.1 Å². The van der Waals surface area contributed by atoms with Gasteiger partial charge in [0.1, 0.15) is 0 Å². The van der Waals surface area contributed by atoms with Crippen LogP contribution in [0.1, 0.15) is 65.2 Å². The Kier molecular flexibility index (Phi) is 7.89. The Labute approximate surface area is 224 Å². The van der Waals surface area contributed by atoms with E-state index < -0.39 is 8.25 Å². The van der Waals surface area contributed by atoms with Crippen molar-refractivity contribution in [2.75, 3.05) is 0 Å². The smallest absolute Gasteiger partial charge is 0.289 e. The van der Waals surface area contributed by atoms with Gasteiger partial charge in [-0.1, -0.05) is 35.4 Å². The molecule has 0 amide bonds. The Morgan fingerprint density at radius 2 is 0.816 bits per heavy atom. The lowest BCUT2D eigenvalue weighted by Crippen LogP contribution is -2.07. The first-order valence-corrected chi connectivity index (χ1v) is 13.4. The van der Waals surface area contributed by atoms with Gasteiger partial charge in [-0.05, 0) is 112 Å². The minimum Gasteiger partial charge on any atom is -0.289 e. The average Bonchev–Trinajstić information content (AvgIpc) is 2.83. The van der Waals surface area contributed by atoms with Crippen LogP contribution in [0.4, 0.5) is 0 Å². The number of rotatable bonds is 8. The molecule has 38 heavy (non-hydrogen) atoms. The van der Waals surface area contributed by atoms with Crippen molar-refractivity contribution >= 4 is 19.8 Å². The lowest BCUT2D eigenvalue weighted by Gasteiger charge is -2.10. The molecule has 192 valence electrons. The molecule has 0 aromatic heterocycles. The van der Waals surface area contributed by atoms with Crippen molar-refractivity contribution in [3.05, 3.63) is 128 Å². The number of benzene rings is 4. The predicted octanol–water partition coefficient (Wildman–Crippen LogP) is 8.11. The maximum absolute atomic E-state index is 13.0. The van der Waals surface area contributed by atoms with E-state index in [9.17, 15) is 14.2 Å². The van der Waals surface area contributed by atoms with Crippen LogP contribution in [-0.4, -0.2) is 11.6 Å². The van der Waals surface area contributed by atoms with E-state index in [1.54, 1.807) is 48.5 Å². The van der Waals surface area contributed by atoms with Gasteiger partial charge in [-0.3, -0.25) is 9.59 Å². The van der Waals surface area contributed by atoms with Crippen LogP contribution in [0.25, 0.3) is 0 Å². The van der Waals surface area contributed by atoms with E-state index in [1.807, 2.05) is 65.8 Å². The Balaban J connectivity index is 1.40. The van der Waals surface area contributed by atoms with E-state index in [2.05, 4.69) is 0 Å². The highest BCUT2D eigenvalue weighted by atomic mass is 31.1. The van der Waals surface area contributed by atoms with Crippen LogP contribution in [0.5, 0.6) is 11.5 Å². The van der Waals surface area contributed by atoms with E-state index in [0.717, 1.165) is 33.4 Å². The second-order valence-corrected chi connectivity index (χ2v) is 10.5. The van der Waals surface area contributed by atoms with E-state index in [1.165, 1.54) is 0 Å². The minimum atomic E-state index is -2.52. The van der Waals surface area contributed by atoms with Crippen molar-refractivity contribution < 1.29 is 23.2 Å². The summed E-state index contributed by atoms with van der Waals surface area (Å²) in [6.45, 7) is 11.7. The van der Waals surface area contributed by atoms with Crippen molar-refractivity contribution in [1.29, 1.82) is 0 Å². The summed E-state index contributed by atoms with van der Waals surface area (Å²) in [6, 6.07) is 20.9. The molecular weight excluding hydrogens is 495 g/mol. The van der Waals surface area contributed by atoms with Crippen molar-refractivity contribution in [2.45, 2.75) is 41.5 Å². The quantitative estimate of drug-likeness (QED) is 0.172. The van der Waals surface area contributed by atoms with Crippen molar-refractivity contribution in [3.63, 3.8) is 0 Å². The van der Waals surface area contributed by atoms with Crippen LogP contribution in [0.3, 0.4) is 0 Å². The van der Waals surface area contributed by atoms with Gasteiger partial charge in [0.2, 0.25) is 0 Å². The summed E-state index contributed by atoms with van der Waals surface area (Å²) in [5, 5.41) is 0. The molecule has 4 rings (SSSR count). The molecule has 6 heteroatoms. The number of aryl methyl sites for hydroxylation is 6. The molecule has 4 aromatic rings. The molecule has 0 heterocycles. The molecule has 0 fully saturated rings. The second-order valence-electron chi connectivity index (χ2n) is 9.66. The fourth-order valence-corrected chi connectivity index (χ4v) is 5.52. The molecule has 0 aliphatic carbocycles. The zero-order valence-corrected chi connectivity index (χ0v) is 23.3. The van der Waals surface area contributed by atoms with Crippen LogP contribution in [0.15, 0.2) is 72.8 Å². The molecule has 0 saturated heterocycles. The van der Waals surface area contributed by atoms with Crippen LogP contribution in [-0.2, 0) is 4.57 Å². The molecule has 0 bridgehead atoms. The van der Waals surface area contributed by atoms with E-state index in [0.29, 0.717) is 33.8 Å². The summed E-state index contributed by atoms with van der Waals surface area (Å²) in [7, 11) is -2.52. The highest BCUT2D eigenvalue weighted by Gasteiger charge is 2.25. The summed E-state index contributed by atoms with van der Waals surface area (Å²) in [5.74, 6) is 0.491. The lowest BCUT2D eigenvalue weighted by atomic mass is 9.93. The molecule has 5 nitrogen and oxygen atoms in total. The zero-order valence-electron chi connectivity index (χ0n) is 22.4. The molecule has 0 aliphatic heterocycles. The summed E-state index contributed by atoms with van der Waals surface area (Å²) in [6.07, 6.45) is 0.